The van der Waals surface area contributed by atoms with Crippen LogP contribution < -0.4 is 0 Å². The Hall–Kier alpha value is -0.910. The van der Waals surface area contributed by atoms with Crippen LogP contribution in [0.4, 0.5) is 0 Å². The average molecular weight is 332 g/mol. The van der Waals surface area contributed by atoms with Crippen molar-refractivity contribution in [2.24, 2.45) is 11.8 Å². The first-order valence-electron chi connectivity index (χ1n) is 9.78. The minimum atomic E-state index is 0.859. The van der Waals surface area contributed by atoms with E-state index in [9.17, 15) is 0 Å². The number of aryl methyl sites for hydroxylation is 2. The summed E-state index contributed by atoms with van der Waals surface area (Å²) in [5.74, 6) is 2.77. The van der Waals surface area contributed by atoms with Gasteiger partial charge < -0.3 is 14.3 Å². The highest BCUT2D eigenvalue weighted by Crippen LogP contribution is 2.32. The van der Waals surface area contributed by atoms with Crippen molar-refractivity contribution in [2.45, 2.75) is 39.7 Å². The van der Waals surface area contributed by atoms with Crippen LogP contribution in [0.25, 0.3) is 0 Å². The molecule has 3 saturated heterocycles. The lowest BCUT2D eigenvalue weighted by Gasteiger charge is -2.34. The summed E-state index contributed by atoms with van der Waals surface area (Å²) in [5.41, 5.74) is 2.37. The van der Waals surface area contributed by atoms with E-state index < -0.39 is 0 Å². The van der Waals surface area contributed by atoms with E-state index >= 15 is 0 Å². The molecule has 0 N–H and O–H groups in total. The minimum absolute atomic E-state index is 0.859. The van der Waals surface area contributed by atoms with Crippen LogP contribution in [0, 0.1) is 25.7 Å². The van der Waals surface area contributed by atoms with Crippen LogP contribution in [0.2, 0.25) is 0 Å². The molecule has 0 aromatic carbocycles. The van der Waals surface area contributed by atoms with Gasteiger partial charge in [-0.2, -0.15) is 0 Å². The molecule has 0 amide bonds. The number of hydrogen-bond acceptors (Lipinski definition) is 5. The lowest BCUT2D eigenvalue weighted by molar-refractivity contribution is 0.141. The van der Waals surface area contributed by atoms with Crippen molar-refractivity contribution in [3.8, 4) is 0 Å². The van der Waals surface area contributed by atoms with Gasteiger partial charge >= 0.3 is 0 Å². The van der Waals surface area contributed by atoms with Gasteiger partial charge in [-0.05, 0) is 64.6 Å². The standard InChI is InChI=1S/C19H32N4O/c1-15-19(16(2)24-20-15)14-22-8-5-17-11-23(13-18(17)12-22)10-9-21-6-3-4-7-21/h17-18H,3-14H2,1-2H3/t17-,18+/m0/s1. The fourth-order valence-corrected chi connectivity index (χ4v) is 4.91. The zero-order valence-electron chi connectivity index (χ0n) is 15.3. The van der Waals surface area contributed by atoms with Gasteiger partial charge in [-0.15, -0.1) is 0 Å². The first-order chi connectivity index (χ1) is 11.7. The Balaban J connectivity index is 1.27. The molecule has 0 aliphatic carbocycles. The average Bonchev–Trinajstić information content (AvgIpc) is 3.29. The van der Waals surface area contributed by atoms with E-state index in [1.54, 1.807) is 0 Å². The van der Waals surface area contributed by atoms with Gasteiger partial charge in [0.15, 0.2) is 0 Å². The Morgan fingerprint density at radius 3 is 2.38 bits per heavy atom. The smallest absolute Gasteiger partial charge is 0.138 e. The summed E-state index contributed by atoms with van der Waals surface area (Å²) >= 11 is 0. The Kier molecular flexibility index (Phi) is 4.93. The third kappa shape index (κ3) is 3.53. The fraction of sp³-hybridized carbons (Fsp3) is 0.842. The molecule has 0 bridgehead atoms. The zero-order chi connectivity index (χ0) is 16.5. The Labute approximate surface area is 145 Å². The van der Waals surface area contributed by atoms with Crippen LogP contribution >= 0.6 is 0 Å². The minimum Gasteiger partial charge on any atom is -0.361 e. The molecular weight excluding hydrogens is 300 g/mol. The van der Waals surface area contributed by atoms with E-state index in [1.807, 2.05) is 6.92 Å². The molecule has 24 heavy (non-hydrogen) atoms. The Morgan fingerprint density at radius 2 is 1.62 bits per heavy atom. The Morgan fingerprint density at radius 1 is 0.917 bits per heavy atom. The van der Waals surface area contributed by atoms with Crippen molar-refractivity contribution < 1.29 is 4.52 Å². The predicted molar refractivity (Wildman–Crippen MR) is 95.0 cm³/mol. The number of aromatic nitrogens is 1. The molecule has 4 heterocycles. The van der Waals surface area contributed by atoms with Crippen molar-refractivity contribution >= 4 is 0 Å². The number of nitrogens with zero attached hydrogens (tertiary/aromatic N) is 4. The molecule has 3 aliphatic heterocycles. The summed E-state index contributed by atoms with van der Waals surface area (Å²) in [5, 5.41) is 4.11. The molecule has 1 aromatic heterocycles. The molecule has 3 aliphatic rings. The maximum atomic E-state index is 5.33. The zero-order valence-corrected chi connectivity index (χ0v) is 15.3. The normalized spacial score (nSPS) is 29.4. The van der Waals surface area contributed by atoms with Crippen molar-refractivity contribution in [1.29, 1.82) is 0 Å². The van der Waals surface area contributed by atoms with Gasteiger partial charge in [-0.3, -0.25) is 4.90 Å². The fourth-order valence-electron chi connectivity index (χ4n) is 4.91. The van der Waals surface area contributed by atoms with E-state index in [0.29, 0.717) is 0 Å². The van der Waals surface area contributed by atoms with Crippen molar-refractivity contribution in [2.75, 3.05) is 52.4 Å². The van der Waals surface area contributed by atoms with E-state index in [2.05, 4.69) is 26.8 Å². The van der Waals surface area contributed by atoms with Gasteiger partial charge in [0.1, 0.15) is 5.76 Å². The van der Waals surface area contributed by atoms with E-state index in [0.717, 1.165) is 29.8 Å². The molecular formula is C19H32N4O. The highest BCUT2D eigenvalue weighted by atomic mass is 16.5. The summed E-state index contributed by atoms with van der Waals surface area (Å²) in [6, 6.07) is 0. The quantitative estimate of drug-likeness (QED) is 0.825. The predicted octanol–water partition coefficient (Wildman–Crippen LogP) is 2.14. The van der Waals surface area contributed by atoms with Crippen molar-refractivity contribution in [1.82, 2.24) is 19.9 Å². The van der Waals surface area contributed by atoms with Crippen LogP contribution in [0.15, 0.2) is 4.52 Å². The van der Waals surface area contributed by atoms with Crippen molar-refractivity contribution in [3.05, 3.63) is 17.0 Å². The van der Waals surface area contributed by atoms with Gasteiger partial charge in [-0.1, -0.05) is 5.16 Å². The van der Waals surface area contributed by atoms with Crippen molar-refractivity contribution in [3.63, 3.8) is 0 Å². The largest absolute Gasteiger partial charge is 0.361 e. The molecule has 134 valence electrons. The van der Waals surface area contributed by atoms with Crippen LogP contribution in [-0.2, 0) is 6.54 Å². The highest BCUT2D eigenvalue weighted by molar-refractivity contribution is 5.20. The monoisotopic (exact) mass is 332 g/mol. The molecule has 5 nitrogen and oxygen atoms in total. The summed E-state index contributed by atoms with van der Waals surface area (Å²) in [6.45, 7) is 15.4. The first-order valence-corrected chi connectivity index (χ1v) is 9.78. The molecule has 2 atom stereocenters. The van der Waals surface area contributed by atoms with Crippen LogP contribution in [0.5, 0.6) is 0 Å². The van der Waals surface area contributed by atoms with Gasteiger partial charge in [0.25, 0.3) is 0 Å². The molecule has 4 rings (SSSR count). The summed E-state index contributed by atoms with van der Waals surface area (Å²) in [4.78, 5) is 8.00. The molecule has 3 fully saturated rings. The van der Waals surface area contributed by atoms with Gasteiger partial charge in [0.05, 0.1) is 5.69 Å². The third-order valence-electron chi connectivity index (χ3n) is 6.45. The second-order valence-corrected chi connectivity index (χ2v) is 8.15. The maximum Gasteiger partial charge on any atom is 0.138 e. The number of likely N-dealkylation sites (tertiary alicyclic amines) is 3. The topological polar surface area (TPSA) is 35.8 Å². The van der Waals surface area contributed by atoms with Gasteiger partial charge in [-0.25, -0.2) is 0 Å². The maximum absolute atomic E-state index is 5.33. The molecule has 0 radical (unpaired) electrons. The van der Waals surface area contributed by atoms with Crippen LogP contribution in [0.3, 0.4) is 0 Å². The molecule has 1 aromatic rings. The third-order valence-corrected chi connectivity index (χ3v) is 6.45. The van der Waals surface area contributed by atoms with Gasteiger partial charge in [0, 0.05) is 44.8 Å². The van der Waals surface area contributed by atoms with E-state index in [4.69, 9.17) is 4.52 Å². The lowest BCUT2D eigenvalue weighted by atomic mass is 9.88. The van der Waals surface area contributed by atoms with Crippen LogP contribution in [-0.4, -0.2) is 72.2 Å². The number of hydrogen-bond donors (Lipinski definition) is 0. The van der Waals surface area contributed by atoms with Crippen LogP contribution in [0.1, 0.15) is 36.3 Å². The number of fused-ring (bicyclic) bond motifs is 1. The molecule has 0 unspecified atom stereocenters. The molecule has 5 heteroatoms. The number of rotatable bonds is 5. The van der Waals surface area contributed by atoms with E-state index in [1.165, 1.54) is 77.2 Å². The summed E-state index contributed by atoms with van der Waals surface area (Å²) in [6.07, 6.45) is 4.16. The van der Waals surface area contributed by atoms with Gasteiger partial charge in [0.2, 0.25) is 0 Å². The highest BCUT2D eigenvalue weighted by Gasteiger charge is 2.37. The first kappa shape index (κ1) is 16.6. The second kappa shape index (κ2) is 7.14. The summed E-state index contributed by atoms with van der Waals surface area (Å²) in [7, 11) is 0. The molecule has 0 saturated carbocycles. The second-order valence-electron chi connectivity index (χ2n) is 8.15. The lowest BCUT2D eigenvalue weighted by Crippen LogP contribution is -2.39. The summed E-state index contributed by atoms with van der Waals surface area (Å²) < 4.78 is 5.33. The van der Waals surface area contributed by atoms with E-state index in [-0.39, 0.29) is 0 Å². The SMILES string of the molecule is Cc1noc(C)c1CN1CC[C@H]2CN(CCN3CCCC3)C[C@H]2C1. The molecule has 0 spiro atoms. The number of piperidine rings is 1. The Bertz CT molecular complexity index is 532.